The molecule has 0 aliphatic carbocycles. The van der Waals surface area contributed by atoms with Gasteiger partial charge in [0.1, 0.15) is 17.3 Å². The first kappa shape index (κ1) is 22.3. The maximum atomic E-state index is 14.0. The highest BCUT2D eigenvalue weighted by molar-refractivity contribution is 7.10. The number of nitrogens with zero attached hydrogens (tertiary/aromatic N) is 4. The number of halogens is 2. The molecule has 1 fully saturated rings. The molecule has 0 N–H and O–H groups in total. The Bertz CT molecular complexity index is 1020. The number of piperidine rings is 1. The minimum Gasteiger partial charge on any atom is -0.387 e. The first-order valence-corrected chi connectivity index (χ1v) is 11.3. The summed E-state index contributed by atoms with van der Waals surface area (Å²) in [7, 11) is 0. The van der Waals surface area contributed by atoms with Crippen LogP contribution in [0.5, 0.6) is 0 Å². The van der Waals surface area contributed by atoms with E-state index in [0.29, 0.717) is 24.5 Å². The van der Waals surface area contributed by atoms with E-state index in [-0.39, 0.29) is 30.4 Å². The van der Waals surface area contributed by atoms with Crippen molar-refractivity contribution >= 4 is 28.7 Å². The fourth-order valence-corrected chi connectivity index (χ4v) is 4.79. The maximum absolute atomic E-state index is 14.0. The number of thiazole rings is 1. The van der Waals surface area contributed by atoms with Gasteiger partial charge in [0.05, 0.1) is 22.0 Å². The molecule has 170 valence electrons. The fourth-order valence-electron chi connectivity index (χ4n) is 3.79. The molecule has 0 spiro atoms. The summed E-state index contributed by atoms with van der Waals surface area (Å²) < 4.78 is 28.1. The molecule has 7 nitrogen and oxygen atoms in total. The van der Waals surface area contributed by atoms with Crippen molar-refractivity contribution in [3.05, 3.63) is 51.5 Å². The quantitative estimate of drug-likeness (QED) is 0.471. The van der Waals surface area contributed by atoms with E-state index < -0.39 is 17.7 Å². The van der Waals surface area contributed by atoms with Gasteiger partial charge in [0, 0.05) is 30.8 Å². The highest BCUT2D eigenvalue weighted by Gasteiger charge is 2.31. The molecule has 32 heavy (non-hydrogen) atoms. The van der Waals surface area contributed by atoms with Crippen molar-refractivity contribution in [3.63, 3.8) is 0 Å². The zero-order valence-electron chi connectivity index (χ0n) is 17.9. The summed E-state index contributed by atoms with van der Waals surface area (Å²) in [6, 6.07) is 3.74. The highest BCUT2D eigenvalue weighted by Crippen LogP contribution is 2.35. The lowest BCUT2D eigenvalue weighted by Crippen LogP contribution is -2.39. The number of rotatable bonds is 6. The summed E-state index contributed by atoms with van der Waals surface area (Å²) >= 11 is 1.53. The third-order valence-electron chi connectivity index (χ3n) is 5.44. The molecule has 2 aliphatic rings. The van der Waals surface area contributed by atoms with E-state index in [1.807, 2.05) is 5.38 Å². The van der Waals surface area contributed by atoms with Crippen molar-refractivity contribution in [3.8, 4) is 0 Å². The van der Waals surface area contributed by atoms with Crippen molar-refractivity contribution in [2.75, 3.05) is 19.7 Å². The van der Waals surface area contributed by atoms with Crippen LogP contribution in [0, 0.1) is 11.6 Å². The Kier molecular flexibility index (Phi) is 6.78. The molecule has 1 amide bonds. The number of aromatic nitrogens is 1. The summed E-state index contributed by atoms with van der Waals surface area (Å²) in [5, 5.41) is 10.7. The lowest BCUT2D eigenvalue weighted by molar-refractivity contribution is -0.137. The molecular weight excluding hydrogens is 438 g/mol. The van der Waals surface area contributed by atoms with Gasteiger partial charge in [-0.2, -0.15) is 0 Å². The number of carbonyl (C=O) groups excluding carboxylic acids is 1. The smallest absolute Gasteiger partial charge is 0.263 e. The van der Waals surface area contributed by atoms with E-state index in [1.54, 1.807) is 18.7 Å². The van der Waals surface area contributed by atoms with Crippen molar-refractivity contribution in [2.24, 2.45) is 10.3 Å². The fraction of sp³-hybridized carbons (Fsp3) is 0.455. The molecule has 1 aromatic heterocycles. The Morgan fingerprint density at radius 3 is 2.69 bits per heavy atom. The van der Waals surface area contributed by atoms with Gasteiger partial charge in [-0.1, -0.05) is 16.4 Å². The van der Waals surface area contributed by atoms with Crippen LogP contribution in [0.2, 0.25) is 0 Å². The number of amides is 1. The number of likely N-dealkylation sites (tertiary alicyclic amines) is 1. The van der Waals surface area contributed by atoms with Crippen molar-refractivity contribution < 1.29 is 23.3 Å². The maximum Gasteiger partial charge on any atom is 0.263 e. The van der Waals surface area contributed by atoms with Crippen molar-refractivity contribution in [1.82, 2.24) is 9.88 Å². The van der Waals surface area contributed by atoms with Crippen LogP contribution in [0.1, 0.15) is 61.4 Å². The molecule has 1 unspecified atom stereocenters. The topological polar surface area (TPSA) is 76.4 Å². The van der Waals surface area contributed by atoms with Crippen LogP contribution in [0.25, 0.3) is 0 Å². The Hall–Kier alpha value is -2.88. The number of hydrogen-bond donors (Lipinski definition) is 0. The predicted octanol–water partition coefficient (Wildman–Crippen LogP) is 4.41. The summed E-state index contributed by atoms with van der Waals surface area (Å²) in [6.07, 6.45) is 1.07. The Labute approximate surface area is 188 Å². The van der Waals surface area contributed by atoms with Crippen LogP contribution in [0.15, 0.2) is 33.9 Å². The van der Waals surface area contributed by atoms with E-state index in [9.17, 15) is 13.6 Å². The van der Waals surface area contributed by atoms with Gasteiger partial charge in [-0.05, 0) is 38.8 Å². The van der Waals surface area contributed by atoms with Crippen LogP contribution in [-0.2, 0) is 14.5 Å². The third kappa shape index (κ3) is 4.95. The van der Waals surface area contributed by atoms with Crippen LogP contribution >= 0.6 is 11.3 Å². The van der Waals surface area contributed by atoms with Crippen LogP contribution in [-0.4, -0.2) is 46.9 Å². The molecule has 2 aliphatic heterocycles. The molecule has 1 saturated heterocycles. The monoisotopic (exact) mass is 462 g/mol. The molecule has 4 rings (SSSR count). The molecular formula is C22H24F2N4O3S. The Morgan fingerprint density at radius 2 is 2.00 bits per heavy atom. The normalized spacial score (nSPS) is 18.8. The molecule has 1 aromatic carbocycles. The highest BCUT2D eigenvalue weighted by atomic mass is 32.1. The standard InChI is InChI=1S/C22H24F2N4O3S/c1-13(2)26-30-11-20(29)28-8-6-14(7-9-28)22-25-18(12-32-22)17-10-19(31-27-17)21-15(23)4-3-5-16(21)24/h3-5,12,14,19H,6-11H2,1-2H3. The first-order valence-electron chi connectivity index (χ1n) is 10.5. The zero-order valence-corrected chi connectivity index (χ0v) is 18.7. The SMILES string of the molecule is CC(C)=NOCC(=O)N1CCC(c2nc(C3=NOC(c4c(F)cccc4F)C3)cs2)CC1. The largest absolute Gasteiger partial charge is 0.387 e. The average molecular weight is 463 g/mol. The number of benzene rings is 1. The van der Waals surface area contributed by atoms with Crippen LogP contribution < -0.4 is 0 Å². The van der Waals surface area contributed by atoms with Crippen molar-refractivity contribution in [2.45, 2.75) is 45.1 Å². The zero-order chi connectivity index (χ0) is 22.7. The van der Waals surface area contributed by atoms with Crippen molar-refractivity contribution in [1.29, 1.82) is 0 Å². The van der Waals surface area contributed by atoms with Crippen LogP contribution in [0.4, 0.5) is 8.78 Å². The number of carbonyl (C=O) groups is 1. The summed E-state index contributed by atoms with van der Waals surface area (Å²) in [5.41, 5.74) is 1.90. The molecule has 0 saturated carbocycles. The lowest BCUT2D eigenvalue weighted by atomic mass is 9.97. The second kappa shape index (κ2) is 9.72. The lowest BCUT2D eigenvalue weighted by Gasteiger charge is -2.30. The van der Waals surface area contributed by atoms with E-state index in [2.05, 4.69) is 10.3 Å². The second-order valence-electron chi connectivity index (χ2n) is 8.01. The Morgan fingerprint density at radius 1 is 1.28 bits per heavy atom. The molecule has 1 atom stereocenters. The Balaban J connectivity index is 1.32. The van der Waals surface area contributed by atoms with E-state index in [1.165, 1.54) is 29.5 Å². The van der Waals surface area contributed by atoms with Gasteiger partial charge >= 0.3 is 0 Å². The molecule has 2 aromatic rings. The third-order valence-corrected chi connectivity index (χ3v) is 6.45. The summed E-state index contributed by atoms with van der Waals surface area (Å²) in [6.45, 7) is 4.82. The van der Waals surface area contributed by atoms with E-state index >= 15 is 0 Å². The minimum atomic E-state index is -0.798. The molecule has 0 bridgehead atoms. The second-order valence-corrected chi connectivity index (χ2v) is 8.90. The van der Waals surface area contributed by atoms with Gasteiger partial charge in [0.2, 0.25) is 0 Å². The average Bonchev–Trinajstić information content (AvgIpc) is 3.43. The summed E-state index contributed by atoms with van der Waals surface area (Å²) in [5.74, 6) is -1.11. The number of hydrogen-bond acceptors (Lipinski definition) is 7. The molecule has 3 heterocycles. The number of oxime groups is 2. The van der Waals surface area contributed by atoms with E-state index in [0.717, 1.165) is 23.6 Å². The van der Waals surface area contributed by atoms with Gasteiger partial charge in [-0.3, -0.25) is 4.79 Å². The predicted molar refractivity (Wildman–Crippen MR) is 117 cm³/mol. The molecule has 0 radical (unpaired) electrons. The molecule has 10 heteroatoms. The van der Waals surface area contributed by atoms with Gasteiger partial charge in [-0.15, -0.1) is 11.3 Å². The van der Waals surface area contributed by atoms with Gasteiger partial charge < -0.3 is 14.6 Å². The first-order chi connectivity index (χ1) is 15.4. The minimum absolute atomic E-state index is 0.0547. The van der Waals surface area contributed by atoms with Gasteiger partial charge in [0.15, 0.2) is 12.7 Å². The van der Waals surface area contributed by atoms with Crippen LogP contribution in [0.3, 0.4) is 0 Å². The van der Waals surface area contributed by atoms with Gasteiger partial charge in [0.25, 0.3) is 5.91 Å². The summed E-state index contributed by atoms with van der Waals surface area (Å²) in [4.78, 5) is 29.1. The van der Waals surface area contributed by atoms with Gasteiger partial charge in [-0.25, -0.2) is 13.8 Å². The van der Waals surface area contributed by atoms with E-state index in [4.69, 9.17) is 14.7 Å².